The van der Waals surface area contributed by atoms with Gasteiger partial charge < -0.3 is 9.72 Å². The highest BCUT2D eigenvalue weighted by atomic mass is 16.5. The summed E-state index contributed by atoms with van der Waals surface area (Å²) in [5, 5.41) is 0. The number of carbonyl (C=O) groups is 1. The molecule has 0 saturated carbocycles. The summed E-state index contributed by atoms with van der Waals surface area (Å²) in [4.78, 5) is 14.4. The smallest absolute Gasteiger partial charge is 0.305 e. The van der Waals surface area contributed by atoms with Gasteiger partial charge in [0, 0.05) is 17.8 Å². The predicted octanol–water partition coefficient (Wildman–Crippen LogP) is 2.39. The minimum absolute atomic E-state index is 0.103. The number of H-pyrrole nitrogens is 1. The van der Waals surface area contributed by atoms with Crippen molar-refractivity contribution in [3.05, 3.63) is 23.0 Å². The van der Waals surface area contributed by atoms with E-state index in [9.17, 15) is 4.79 Å². The molecule has 0 bridgehead atoms. The number of hydrogen-bond donors (Lipinski definition) is 1. The maximum Gasteiger partial charge on any atom is 0.305 e. The highest BCUT2D eigenvalue weighted by molar-refractivity contribution is 5.68. The van der Waals surface area contributed by atoms with Crippen molar-refractivity contribution in [1.29, 1.82) is 0 Å². The normalized spacial score (nSPS) is 13.8. The van der Waals surface area contributed by atoms with Crippen LogP contribution in [0.1, 0.15) is 42.6 Å². The lowest BCUT2D eigenvalue weighted by molar-refractivity contribution is -0.140. The number of esters is 1. The highest BCUT2D eigenvalue weighted by Crippen LogP contribution is 2.22. The number of rotatable bonds is 5. The van der Waals surface area contributed by atoms with Gasteiger partial charge in [0.15, 0.2) is 0 Å². The number of carbonyl (C=O) groups excluding carboxylic acids is 1. The molecule has 0 radical (unpaired) electrons. The minimum Gasteiger partial charge on any atom is -0.469 e. The Morgan fingerprint density at radius 3 is 3.06 bits per heavy atom. The van der Waals surface area contributed by atoms with E-state index < -0.39 is 0 Å². The van der Waals surface area contributed by atoms with E-state index >= 15 is 0 Å². The predicted molar refractivity (Wildman–Crippen MR) is 62.4 cm³/mol. The molecule has 1 aromatic rings. The second-order valence-corrected chi connectivity index (χ2v) is 4.44. The molecule has 1 heterocycles. The Morgan fingerprint density at radius 2 is 2.31 bits per heavy atom. The maximum absolute atomic E-state index is 10.9. The van der Waals surface area contributed by atoms with Crippen molar-refractivity contribution >= 4 is 5.97 Å². The van der Waals surface area contributed by atoms with Crippen LogP contribution in [0, 0.1) is 0 Å². The molecule has 0 amide bonds. The lowest BCUT2D eigenvalue weighted by atomic mass is 10.1. The summed E-state index contributed by atoms with van der Waals surface area (Å²) < 4.78 is 4.61. The number of nitrogens with one attached hydrogen (secondary N) is 1. The first-order valence-electron chi connectivity index (χ1n) is 6.06. The summed E-state index contributed by atoms with van der Waals surface area (Å²) in [5.41, 5.74) is 4.26. The number of aryl methyl sites for hydroxylation is 3. The average Bonchev–Trinajstić information content (AvgIpc) is 2.84. The third kappa shape index (κ3) is 2.65. The molecular weight excluding hydrogens is 202 g/mol. The van der Waals surface area contributed by atoms with Gasteiger partial charge in [0.2, 0.25) is 0 Å². The van der Waals surface area contributed by atoms with Crippen LogP contribution < -0.4 is 0 Å². The first kappa shape index (κ1) is 11.2. The summed E-state index contributed by atoms with van der Waals surface area (Å²) in [5.74, 6) is -0.103. The van der Waals surface area contributed by atoms with Crippen LogP contribution in [0.4, 0.5) is 0 Å². The van der Waals surface area contributed by atoms with E-state index in [0.717, 1.165) is 19.3 Å². The highest BCUT2D eigenvalue weighted by Gasteiger charge is 2.13. The monoisotopic (exact) mass is 221 g/mol. The molecule has 0 spiro atoms. The summed E-state index contributed by atoms with van der Waals surface area (Å²) in [6.07, 6.45) is 7.28. The lowest BCUT2D eigenvalue weighted by Gasteiger charge is -1.99. The fourth-order valence-electron chi connectivity index (χ4n) is 2.33. The van der Waals surface area contributed by atoms with E-state index in [1.54, 1.807) is 0 Å². The summed E-state index contributed by atoms with van der Waals surface area (Å²) >= 11 is 0. The molecular formula is C13H19NO2. The third-order valence-corrected chi connectivity index (χ3v) is 3.23. The van der Waals surface area contributed by atoms with Crippen LogP contribution in [0.2, 0.25) is 0 Å². The van der Waals surface area contributed by atoms with Crippen LogP contribution in [0.15, 0.2) is 6.07 Å². The second-order valence-electron chi connectivity index (χ2n) is 4.44. The zero-order valence-corrected chi connectivity index (χ0v) is 9.84. The van der Waals surface area contributed by atoms with Gasteiger partial charge in [-0.3, -0.25) is 4.79 Å². The zero-order chi connectivity index (χ0) is 11.4. The molecule has 3 heteroatoms. The Morgan fingerprint density at radius 1 is 1.44 bits per heavy atom. The van der Waals surface area contributed by atoms with Crippen molar-refractivity contribution in [2.24, 2.45) is 0 Å². The Hall–Kier alpha value is -1.25. The van der Waals surface area contributed by atoms with E-state index in [2.05, 4.69) is 15.8 Å². The second kappa shape index (κ2) is 5.19. The van der Waals surface area contributed by atoms with E-state index in [0.29, 0.717) is 6.42 Å². The van der Waals surface area contributed by atoms with Crippen molar-refractivity contribution in [2.45, 2.75) is 44.9 Å². The molecule has 1 N–H and O–H groups in total. The number of hydrogen-bond acceptors (Lipinski definition) is 2. The van der Waals surface area contributed by atoms with E-state index in [1.807, 2.05) is 0 Å². The molecule has 1 aromatic heterocycles. The van der Waals surface area contributed by atoms with Crippen molar-refractivity contribution in [3.8, 4) is 0 Å². The van der Waals surface area contributed by atoms with Gasteiger partial charge in [-0.2, -0.15) is 0 Å². The molecule has 0 aromatic carbocycles. The van der Waals surface area contributed by atoms with Gasteiger partial charge in [0.05, 0.1) is 7.11 Å². The molecule has 0 fully saturated rings. The first-order chi connectivity index (χ1) is 7.79. The zero-order valence-electron chi connectivity index (χ0n) is 9.84. The maximum atomic E-state index is 10.9. The number of fused-ring (bicyclic) bond motifs is 1. The van der Waals surface area contributed by atoms with Crippen LogP contribution >= 0.6 is 0 Å². The summed E-state index contributed by atoms with van der Waals surface area (Å²) in [6, 6.07) is 2.29. The summed E-state index contributed by atoms with van der Waals surface area (Å²) in [6.45, 7) is 0. The van der Waals surface area contributed by atoms with Crippen LogP contribution in [0.5, 0.6) is 0 Å². The van der Waals surface area contributed by atoms with Gasteiger partial charge in [-0.25, -0.2) is 0 Å². The fraction of sp³-hybridized carbons (Fsp3) is 0.615. The van der Waals surface area contributed by atoms with Crippen LogP contribution in [-0.2, 0) is 28.8 Å². The lowest BCUT2D eigenvalue weighted by Crippen LogP contribution is -1.99. The molecule has 88 valence electrons. The molecule has 1 aliphatic rings. The standard InChI is InChI=1S/C13H19NO2/c1-16-13(15)8-3-2-6-11-9-10-5-4-7-12(10)14-11/h9,14H,2-8H2,1H3. The van der Waals surface area contributed by atoms with E-state index in [4.69, 9.17) is 0 Å². The Kier molecular flexibility index (Phi) is 3.65. The number of aromatic amines is 1. The van der Waals surface area contributed by atoms with Crippen molar-refractivity contribution in [2.75, 3.05) is 7.11 Å². The molecule has 0 atom stereocenters. The Bertz CT molecular complexity index is 347. The first-order valence-corrected chi connectivity index (χ1v) is 6.06. The van der Waals surface area contributed by atoms with Gasteiger partial charge >= 0.3 is 5.97 Å². The number of aromatic nitrogens is 1. The number of ether oxygens (including phenoxy) is 1. The summed E-state index contributed by atoms with van der Waals surface area (Å²) in [7, 11) is 1.44. The molecule has 16 heavy (non-hydrogen) atoms. The molecule has 3 nitrogen and oxygen atoms in total. The molecule has 0 unspecified atom stereocenters. The molecule has 0 saturated heterocycles. The van der Waals surface area contributed by atoms with Crippen LogP contribution in [0.25, 0.3) is 0 Å². The molecule has 2 rings (SSSR count). The molecule has 0 aliphatic heterocycles. The quantitative estimate of drug-likeness (QED) is 0.612. The largest absolute Gasteiger partial charge is 0.469 e. The Labute approximate surface area is 96.2 Å². The molecule has 1 aliphatic carbocycles. The van der Waals surface area contributed by atoms with Crippen molar-refractivity contribution in [3.63, 3.8) is 0 Å². The van der Waals surface area contributed by atoms with Gasteiger partial charge in [-0.15, -0.1) is 0 Å². The number of methoxy groups -OCH3 is 1. The topological polar surface area (TPSA) is 42.1 Å². The Balaban J connectivity index is 1.71. The fourth-order valence-corrected chi connectivity index (χ4v) is 2.33. The van der Waals surface area contributed by atoms with Gasteiger partial charge in [-0.05, 0) is 50.2 Å². The van der Waals surface area contributed by atoms with Gasteiger partial charge in [-0.1, -0.05) is 0 Å². The van der Waals surface area contributed by atoms with Gasteiger partial charge in [0.1, 0.15) is 0 Å². The number of unbranched alkanes of at least 4 members (excludes halogenated alkanes) is 1. The van der Waals surface area contributed by atoms with E-state index in [-0.39, 0.29) is 5.97 Å². The van der Waals surface area contributed by atoms with Crippen molar-refractivity contribution in [1.82, 2.24) is 4.98 Å². The minimum atomic E-state index is -0.103. The van der Waals surface area contributed by atoms with Gasteiger partial charge in [0.25, 0.3) is 0 Å². The van der Waals surface area contributed by atoms with Crippen molar-refractivity contribution < 1.29 is 9.53 Å². The van der Waals surface area contributed by atoms with Crippen LogP contribution in [0.3, 0.4) is 0 Å². The van der Waals surface area contributed by atoms with E-state index in [1.165, 1.54) is 43.3 Å². The SMILES string of the molecule is COC(=O)CCCCc1cc2c([nH]1)CCC2. The third-order valence-electron chi connectivity index (χ3n) is 3.23. The van der Waals surface area contributed by atoms with Crippen LogP contribution in [-0.4, -0.2) is 18.1 Å². The average molecular weight is 221 g/mol.